The van der Waals surface area contributed by atoms with Crippen molar-refractivity contribution in [1.82, 2.24) is 19.6 Å². The summed E-state index contributed by atoms with van der Waals surface area (Å²) < 4.78 is 1.76. The average molecular weight is 314 g/mol. The highest BCUT2D eigenvalue weighted by Gasteiger charge is 2.17. The molecule has 0 amide bonds. The number of fused-ring (bicyclic) bond motifs is 1. The van der Waals surface area contributed by atoms with Gasteiger partial charge in [-0.25, -0.2) is 4.98 Å². The first-order valence-corrected chi connectivity index (χ1v) is 6.54. The predicted octanol–water partition coefficient (Wildman–Crippen LogP) is 4.06. The number of aryl methyl sites for hydroxylation is 1. The summed E-state index contributed by atoms with van der Waals surface area (Å²) >= 11 is 18.3. The molecule has 2 heterocycles. The first-order chi connectivity index (χ1) is 9.08. The summed E-state index contributed by atoms with van der Waals surface area (Å²) in [5.41, 5.74) is 1.23. The second kappa shape index (κ2) is 4.63. The maximum atomic E-state index is 6.19. The number of benzene rings is 1. The van der Waals surface area contributed by atoms with Gasteiger partial charge in [-0.1, -0.05) is 40.9 Å². The van der Waals surface area contributed by atoms with Crippen LogP contribution in [0.25, 0.3) is 17.0 Å². The molecule has 19 heavy (non-hydrogen) atoms. The predicted molar refractivity (Wildman–Crippen MR) is 76.0 cm³/mol. The van der Waals surface area contributed by atoms with Crippen LogP contribution in [0.3, 0.4) is 0 Å². The van der Waals surface area contributed by atoms with Gasteiger partial charge < -0.3 is 0 Å². The van der Waals surface area contributed by atoms with Crippen molar-refractivity contribution in [1.29, 1.82) is 0 Å². The monoisotopic (exact) mass is 312 g/mol. The highest BCUT2D eigenvalue weighted by atomic mass is 35.5. The molecule has 3 rings (SSSR count). The van der Waals surface area contributed by atoms with Gasteiger partial charge in [0.05, 0.1) is 15.6 Å². The van der Waals surface area contributed by atoms with E-state index in [2.05, 4.69) is 15.2 Å². The number of rotatable bonds is 1. The third-order valence-electron chi connectivity index (χ3n) is 2.71. The lowest BCUT2D eigenvalue weighted by atomic mass is 10.2. The molecule has 4 nitrogen and oxygen atoms in total. The Morgan fingerprint density at radius 3 is 2.42 bits per heavy atom. The van der Waals surface area contributed by atoms with Gasteiger partial charge in [-0.3, -0.25) is 4.40 Å². The van der Waals surface area contributed by atoms with Crippen LogP contribution in [-0.2, 0) is 0 Å². The van der Waals surface area contributed by atoms with E-state index >= 15 is 0 Å². The minimum absolute atomic E-state index is 0.370. The molecule has 1 aromatic carbocycles. The molecule has 0 aliphatic heterocycles. The van der Waals surface area contributed by atoms with E-state index in [1.54, 1.807) is 28.7 Å². The maximum Gasteiger partial charge on any atom is 0.172 e. The first-order valence-electron chi connectivity index (χ1n) is 5.40. The van der Waals surface area contributed by atoms with E-state index in [9.17, 15) is 0 Å². The molecule has 0 fully saturated rings. The first kappa shape index (κ1) is 12.7. The zero-order chi connectivity index (χ0) is 13.6. The summed E-state index contributed by atoms with van der Waals surface area (Å²) in [6.07, 6.45) is 0. The summed E-state index contributed by atoms with van der Waals surface area (Å²) in [5, 5.41) is 9.60. The molecule has 96 valence electrons. The van der Waals surface area contributed by atoms with Crippen LogP contribution in [0, 0.1) is 6.92 Å². The van der Waals surface area contributed by atoms with Gasteiger partial charge in [0, 0.05) is 6.07 Å². The van der Waals surface area contributed by atoms with Gasteiger partial charge >= 0.3 is 0 Å². The lowest BCUT2D eigenvalue weighted by molar-refractivity contribution is 0.988. The Bertz CT molecular complexity index is 762. The van der Waals surface area contributed by atoms with E-state index in [1.807, 2.05) is 6.92 Å². The van der Waals surface area contributed by atoms with Crippen molar-refractivity contribution in [2.75, 3.05) is 0 Å². The van der Waals surface area contributed by atoms with Crippen LogP contribution < -0.4 is 0 Å². The van der Waals surface area contributed by atoms with E-state index in [4.69, 9.17) is 34.8 Å². The van der Waals surface area contributed by atoms with Crippen molar-refractivity contribution in [3.63, 3.8) is 0 Å². The largest absolute Gasteiger partial charge is 0.263 e. The Balaban J connectivity index is 2.38. The van der Waals surface area contributed by atoms with Crippen molar-refractivity contribution in [2.45, 2.75) is 6.92 Å². The Labute approximate surface area is 124 Å². The molecule has 0 atom stereocenters. The van der Waals surface area contributed by atoms with Crippen molar-refractivity contribution < 1.29 is 0 Å². The minimum Gasteiger partial charge on any atom is -0.263 e. The highest BCUT2D eigenvalue weighted by molar-refractivity contribution is 6.39. The molecule has 2 aromatic heterocycles. The molecule has 0 radical (unpaired) electrons. The van der Waals surface area contributed by atoms with E-state index in [0.717, 1.165) is 0 Å². The summed E-state index contributed by atoms with van der Waals surface area (Å²) in [7, 11) is 0. The highest BCUT2D eigenvalue weighted by Crippen LogP contribution is 2.34. The molecule has 7 heteroatoms. The summed E-state index contributed by atoms with van der Waals surface area (Å²) in [4.78, 5) is 4.18. The molecular weight excluding hydrogens is 307 g/mol. The normalized spacial score (nSPS) is 11.2. The SMILES string of the molecule is Cc1nc(Cl)cc2nnc(-c3c(Cl)cccc3Cl)n12. The van der Waals surface area contributed by atoms with Gasteiger partial charge in [0.25, 0.3) is 0 Å². The van der Waals surface area contributed by atoms with Crippen LogP contribution in [0.1, 0.15) is 5.82 Å². The van der Waals surface area contributed by atoms with Crippen LogP contribution in [0.5, 0.6) is 0 Å². The molecule has 0 unspecified atom stereocenters. The summed E-state index contributed by atoms with van der Waals surface area (Å²) in [6.45, 7) is 1.82. The molecule has 0 aliphatic rings. The minimum atomic E-state index is 0.370. The summed E-state index contributed by atoms with van der Waals surface area (Å²) in [5.74, 6) is 1.21. The van der Waals surface area contributed by atoms with Crippen molar-refractivity contribution >= 4 is 40.4 Å². The zero-order valence-corrected chi connectivity index (χ0v) is 12.0. The number of nitrogens with zero attached hydrogens (tertiary/aromatic N) is 4. The van der Waals surface area contributed by atoms with E-state index in [0.29, 0.717) is 38.1 Å². The van der Waals surface area contributed by atoms with Crippen molar-refractivity contribution in [3.8, 4) is 11.4 Å². The average Bonchev–Trinajstić information content (AvgIpc) is 2.72. The Hall–Kier alpha value is -1.36. The van der Waals surface area contributed by atoms with Gasteiger partial charge in [0.2, 0.25) is 0 Å². The van der Waals surface area contributed by atoms with Gasteiger partial charge in [0.15, 0.2) is 11.5 Å². The van der Waals surface area contributed by atoms with Gasteiger partial charge in [0.1, 0.15) is 11.0 Å². The third kappa shape index (κ3) is 2.06. The van der Waals surface area contributed by atoms with Gasteiger partial charge in [-0.15, -0.1) is 10.2 Å². The number of hydrogen-bond acceptors (Lipinski definition) is 3. The second-order valence-electron chi connectivity index (χ2n) is 3.94. The van der Waals surface area contributed by atoms with Gasteiger partial charge in [-0.05, 0) is 19.1 Å². The molecule has 0 aliphatic carbocycles. The molecule has 0 bridgehead atoms. The molecular formula is C12H7Cl3N4. The standard InChI is InChI=1S/C12H7Cl3N4/c1-6-16-9(15)5-10-17-18-12(19(6)10)11-7(13)3-2-4-8(11)14/h2-5H,1H3. The van der Waals surface area contributed by atoms with Gasteiger partial charge in [-0.2, -0.15) is 0 Å². The van der Waals surface area contributed by atoms with Crippen molar-refractivity contribution in [3.05, 3.63) is 45.3 Å². The lowest BCUT2D eigenvalue weighted by Crippen LogP contribution is -1.98. The van der Waals surface area contributed by atoms with Crippen LogP contribution in [0.4, 0.5) is 0 Å². The second-order valence-corrected chi connectivity index (χ2v) is 5.14. The van der Waals surface area contributed by atoms with Crippen LogP contribution >= 0.6 is 34.8 Å². The van der Waals surface area contributed by atoms with Crippen molar-refractivity contribution in [2.24, 2.45) is 0 Å². The molecule has 0 saturated heterocycles. The third-order valence-corrected chi connectivity index (χ3v) is 3.54. The van der Waals surface area contributed by atoms with Crippen LogP contribution in [0.15, 0.2) is 24.3 Å². The molecule has 3 aromatic rings. The molecule has 0 N–H and O–H groups in total. The van der Waals surface area contributed by atoms with Crippen LogP contribution in [0.2, 0.25) is 15.2 Å². The smallest absolute Gasteiger partial charge is 0.172 e. The quantitative estimate of drug-likeness (QED) is 0.636. The van der Waals surface area contributed by atoms with E-state index in [1.165, 1.54) is 0 Å². The van der Waals surface area contributed by atoms with E-state index in [-0.39, 0.29) is 0 Å². The number of aromatic nitrogens is 4. The molecule has 0 saturated carbocycles. The topological polar surface area (TPSA) is 43.1 Å². The maximum absolute atomic E-state index is 6.19. The lowest BCUT2D eigenvalue weighted by Gasteiger charge is -2.06. The fraction of sp³-hybridized carbons (Fsp3) is 0.0833. The Morgan fingerprint density at radius 2 is 1.74 bits per heavy atom. The van der Waals surface area contributed by atoms with E-state index < -0.39 is 0 Å². The molecule has 0 spiro atoms. The Morgan fingerprint density at radius 1 is 1.05 bits per heavy atom. The number of halogens is 3. The number of hydrogen-bond donors (Lipinski definition) is 0. The zero-order valence-electron chi connectivity index (χ0n) is 9.73. The van der Waals surface area contributed by atoms with Crippen LogP contribution in [-0.4, -0.2) is 19.6 Å². The summed E-state index contributed by atoms with van der Waals surface area (Å²) in [6, 6.07) is 6.92. The fourth-order valence-electron chi connectivity index (χ4n) is 1.93. The fourth-order valence-corrected chi connectivity index (χ4v) is 2.71. The Kier molecular flexibility index (Phi) is 3.09.